The lowest BCUT2D eigenvalue weighted by Crippen LogP contribution is -1.74. The third-order valence-electron chi connectivity index (χ3n) is 1.33. The number of unbranched alkanes of at least 4 members (excludes halogenated alkanes) is 2. The maximum atomic E-state index is 8.20. The van der Waals surface area contributed by atoms with Gasteiger partial charge in [0.2, 0.25) is 0 Å². The van der Waals surface area contributed by atoms with E-state index in [4.69, 9.17) is 5.26 Å². The molecule has 0 saturated carbocycles. The fraction of sp³-hybridized carbons (Fsp3) is 0.400. The Morgan fingerprint density at radius 1 is 1.42 bits per heavy atom. The van der Waals surface area contributed by atoms with Crippen molar-refractivity contribution in [3.05, 3.63) is 24.8 Å². The lowest BCUT2D eigenvalue weighted by molar-refractivity contribution is 0.823. The number of nitriles is 1. The van der Waals surface area contributed by atoms with Gasteiger partial charge in [0.15, 0.2) is 0 Å². The molecule has 0 aliphatic carbocycles. The number of hydrogen-bond donors (Lipinski definition) is 0. The molecule has 0 atom stereocenters. The third kappa shape index (κ3) is 9.14. The highest BCUT2D eigenvalue weighted by atomic mass is 31.1. The van der Waals surface area contributed by atoms with E-state index in [1.54, 1.807) is 11.9 Å². The molecule has 0 aromatic heterocycles. The summed E-state index contributed by atoms with van der Waals surface area (Å²) in [6.07, 6.45) is 10.5. The number of hydrogen-bond acceptors (Lipinski definition) is 1. The fourth-order valence-corrected chi connectivity index (χ4v) is 1.38. The topological polar surface area (TPSA) is 23.8 Å². The molecule has 0 aliphatic rings. The normalized spacial score (nSPS) is 10.6. The highest BCUT2D eigenvalue weighted by Crippen LogP contribution is 2.03. The SMILES string of the molecule is C=C/C=C/CCCCP=CC#N. The van der Waals surface area contributed by atoms with Crippen molar-refractivity contribution in [2.75, 3.05) is 6.16 Å². The van der Waals surface area contributed by atoms with Crippen LogP contribution in [0.25, 0.3) is 0 Å². The zero-order valence-corrected chi connectivity index (χ0v) is 8.13. The smallest absolute Gasteiger partial charge is 0.0958 e. The summed E-state index contributed by atoms with van der Waals surface area (Å²) < 4.78 is 0. The van der Waals surface area contributed by atoms with Crippen molar-refractivity contribution in [3.63, 3.8) is 0 Å². The fourth-order valence-electron chi connectivity index (χ4n) is 0.763. The Morgan fingerprint density at radius 2 is 2.25 bits per heavy atom. The van der Waals surface area contributed by atoms with Crippen LogP contribution in [-0.2, 0) is 0 Å². The van der Waals surface area contributed by atoms with Gasteiger partial charge in [-0.25, -0.2) is 0 Å². The van der Waals surface area contributed by atoms with Gasteiger partial charge in [-0.15, -0.1) is 0 Å². The third-order valence-corrected chi connectivity index (χ3v) is 2.20. The van der Waals surface area contributed by atoms with Crippen LogP contribution in [0.15, 0.2) is 24.8 Å². The number of rotatable bonds is 6. The van der Waals surface area contributed by atoms with Crippen LogP contribution >= 0.6 is 8.20 Å². The van der Waals surface area contributed by atoms with Crippen molar-refractivity contribution in [1.82, 2.24) is 0 Å². The first-order valence-electron chi connectivity index (χ1n) is 4.07. The first kappa shape index (κ1) is 11.1. The minimum Gasteiger partial charge on any atom is -0.193 e. The molecule has 0 saturated heterocycles. The van der Waals surface area contributed by atoms with Crippen LogP contribution in [0.1, 0.15) is 19.3 Å². The maximum absolute atomic E-state index is 8.20. The van der Waals surface area contributed by atoms with Gasteiger partial charge in [0, 0.05) is 5.80 Å². The summed E-state index contributed by atoms with van der Waals surface area (Å²) in [5.74, 6) is 1.64. The van der Waals surface area contributed by atoms with E-state index in [2.05, 4.69) is 12.7 Å². The minimum absolute atomic E-state index is 1.11. The molecular formula is C10H14NP. The Balaban J connectivity index is 3.12. The molecule has 0 aromatic carbocycles. The van der Waals surface area contributed by atoms with Gasteiger partial charge in [-0.2, -0.15) is 5.26 Å². The second kappa shape index (κ2) is 10.1. The molecular weight excluding hydrogens is 165 g/mol. The van der Waals surface area contributed by atoms with Crippen molar-refractivity contribution in [2.24, 2.45) is 0 Å². The van der Waals surface area contributed by atoms with Crippen molar-refractivity contribution < 1.29 is 0 Å². The van der Waals surface area contributed by atoms with E-state index in [1.807, 2.05) is 12.1 Å². The van der Waals surface area contributed by atoms with E-state index in [0.717, 1.165) is 20.8 Å². The van der Waals surface area contributed by atoms with E-state index in [9.17, 15) is 0 Å². The predicted octanol–water partition coefficient (Wildman–Crippen LogP) is 3.17. The molecule has 0 unspecified atom stereocenters. The van der Waals surface area contributed by atoms with Crippen LogP contribution < -0.4 is 0 Å². The molecule has 0 fully saturated rings. The van der Waals surface area contributed by atoms with Crippen molar-refractivity contribution in [1.29, 1.82) is 5.26 Å². The van der Waals surface area contributed by atoms with Crippen LogP contribution in [-0.4, -0.2) is 12.0 Å². The molecule has 0 radical (unpaired) electrons. The van der Waals surface area contributed by atoms with Gasteiger partial charge in [-0.05, 0) is 25.4 Å². The van der Waals surface area contributed by atoms with Gasteiger partial charge in [0.1, 0.15) is 0 Å². The maximum Gasteiger partial charge on any atom is 0.0958 e. The largest absolute Gasteiger partial charge is 0.193 e. The quantitative estimate of drug-likeness (QED) is 0.349. The number of allylic oxidation sites excluding steroid dienone is 3. The van der Waals surface area contributed by atoms with Crippen LogP contribution in [0.3, 0.4) is 0 Å². The van der Waals surface area contributed by atoms with Crippen molar-refractivity contribution in [2.45, 2.75) is 19.3 Å². The van der Waals surface area contributed by atoms with Gasteiger partial charge in [-0.3, -0.25) is 0 Å². The summed E-state index contributed by atoms with van der Waals surface area (Å²) in [5, 5.41) is 8.20. The molecule has 0 bridgehead atoms. The zero-order chi connectivity index (χ0) is 9.07. The molecule has 0 aliphatic heterocycles. The van der Waals surface area contributed by atoms with Gasteiger partial charge < -0.3 is 0 Å². The van der Waals surface area contributed by atoms with Crippen LogP contribution in [0.2, 0.25) is 0 Å². The van der Waals surface area contributed by atoms with E-state index in [0.29, 0.717) is 0 Å². The summed E-state index contributed by atoms with van der Waals surface area (Å²) in [7, 11) is 1.15. The molecule has 0 N–H and O–H groups in total. The molecule has 64 valence electrons. The van der Waals surface area contributed by atoms with Crippen LogP contribution in [0.5, 0.6) is 0 Å². The van der Waals surface area contributed by atoms with Crippen molar-refractivity contribution >= 4 is 14.0 Å². The molecule has 2 heteroatoms. The second-order valence-electron chi connectivity index (χ2n) is 2.32. The monoisotopic (exact) mass is 179 g/mol. The summed E-state index contributed by atoms with van der Waals surface area (Å²) in [6.45, 7) is 3.59. The Bertz CT molecular complexity index is 198. The Labute approximate surface area is 76.2 Å². The van der Waals surface area contributed by atoms with Gasteiger partial charge in [0.25, 0.3) is 0 Å². The molecule has 0 rings (SSSR count). The van der Waals surface area contributed by atoms with E-state index >= 15 is 0 Å². The minimum atomic E-state index is 1.11. The Kier molecular flexibility index (Phi) is 9.41. The zero-order valence-electron chi connectivity index (χ0n) is 7.24. The molecule has 0 heterocycles. The van der Waals surface area contributed by atoms with Gasteiger partial charge >= 0.3 is 0 Å². The van der Waals surface area contributed by atoms with Crippen LogP contribution in [0.4, 0.5) is 0 Å². The first-order chi connectivity index (χ1) is 5.91. The summed E-state index contributed by atoms with van der Waals surface area (Å²) in [5.41, 5.74) is 0. The highest BCUT2D eigenvalue weighted by Gasteiger charge is 1.82. The second-order valence-corrected chi connectivity index (χ2v) is 3.39. The standard InChI is InChI=1S/C10H14NP/c1-2-3-4-5-6-7-9-12-10-8-11/h2-4,10H,1,5-7,9H2/b4-3+. The Hall–Kier alpha value is -0.860. The number of nitrogens with zero attached hydrogens (tertiary/aromatic N) is 1. The van der Waals surface area contributed by atoms with E-state index < -0.39 is 0 Å². The average Bonchev–Trinajstić information content (AvgIpc) is 2.10. The average molecular weight is 179 g/mol. The summed E-state index contributed by atoms with van der Waals surface area (Å²) in [6, 6.07) is 2.01. The highest BCUT2D eigenvalue weighted by molar-refractivity contribution is 7.39. The van der Waals surface area contributed by atoms with Crippen LogP contribution in [0, 0.1) is 11.3 Å². The van der Waals surface area contributed by atoms with E-state index in [-0.39, 0.29) is 0 Å². The molecule has 0 amide bonds. The predicted molar refractivity (Wildman–Crippen MR) is 56.7 cm³/mol. The van der Waals surface area contributed by atoms with Crippen molar-refractivity contribution in [3.8, 4) is 6.07 Å². The summed E-state index contributed by atoms with van der Waals surface area (Å²) in [4.78, 5) is 0. The summed E-state index contributed by atoms with van der Waals surface area (Å²) >= 11 is 0. The lowest BCUT2D eigenvalue weighted by Gasteiger charge is -1.90. The first-order valence-corrected chi connectivity index (χ1v) is 5.22. The van der Waals surface area contributed by atoms with E-state index in [1.165, 1.54) is 12.8 Å². The van der Waals surface area contributed by atoms with Gasteiger partial charge in [0.05, 0.1) is 6.07 Å². The molecule has 1 nitrogen and oxygen atoms in total. The Morgan fingerprint density at radius 3 is 2.92 bits per heavy atom. The molecule has 0 aromatic rings. The molecule has 12 heavy (non-hydrogen) atoms. The lowest BCUT2D eigenvalue weighted by atomic mass is 10.2. The molecule has 0 spiro atoms. The van der Waals surface area contributed by atoms with Gasteiger partial charge in [-0.1, -0.05) is 33.0 Å².